The number of amides is 1. The van der Waals surface area contributed by atoms with E-state index in [1.807, 2.05) is 12.1 Å². The zero-order valence-electron chi connectivity index (χ0n) is 17.6. The lowest BCUT2D eigenvalue weighted by molar-refractivity contribution is 0.102. The van der Waals surface area contributed by atoms with Gasteiger partial charge in [-0.1, -0.05) is 25.0 Å². The molecule has 7 nitrogen and oxygen atoms in total. The van der Waals surface area contributed by atoms with Crippen LogP contribution in [-0.4, -0.2) is 24.0 Å². The topological polar surface area (TPSA) is 107 Å². The molecule has 1 saturated carbocycles. The predicted octanol–water partition coefficient (Wildman–Crippen LogP) is 5.38. The van der Waals surface area contributed by atoms with E-state index < -0.39 is 27.8 Å². The van der Waals surface area contributed by atoms with Crippen LogP contribution in [0.25, 0.3) is 0 Å². The number of halogens is 1. The van der Waals surface area contributed by atoms with Crippen molar-refractivity contribution in [3.8, 4) is 5.75 Å². The average Bonchev–Trinajstić information content (AvgIpc) is 3.32. The molecule has 33 heavy (non-hydrogen) atoms. The van der Waals surface area contributed by atoms with Gasteiger partial charge in [-0.3, -0.25) is 9.35 Å². The van der Waals surface area contributed by atoms with Gasteiger partial charge < -0.3 is 10.4 Å². The van der Waals surface area contributed by atoms with Crippen molar-refractivity contribution in [1.29, 1.82) is 0 Å². The number of nitrogens with one attached hydrogen (secondary N) is 1. The molecule has 0 aromatic heterocycles. The molecule has 3 aromatic carbocycles. The summed E-state index contributed by atoms with van der Waals surface area (Å²) in [5, 5.41) is 12.9. The molecule has 0 unspecified atom stereocenters. The van der Waals surface area contributed by atoms with E-state index in [0.29, 0.717) is 15.8 Å². The van der Waals surface area contributed by atoms with E-state index in [4.69, 9.17) is 0 Å². The second-order valence-corrected chi connectivity index (χ2v) is 9.24. The van der Waals surface area contributed by atoms with Gasteiger partial charge in [0.15, 0.2) is 0 Å². The van der Waals surface area contributed by atoms with Gasteiger partial charge in [-0.25, -0.2) is 8.70 Å². The summed E-state index contributed by atoms with van der Waals surface area (Å²) in [4.78, 5) is 12.7. The third kappa shape index (κ3) is 5.15. The molecular weight excluding hydrogens is 447 g/mol. The van der Waals surface area contributed by atoms with Crippen LogP contribution in [0.2, 0.25) is 0 Å². The summed E-state index contributed by atoms with van der Waals surface area (Å²) in [7, 11) is -4.88. The number of anilines is 3. The standard InChI is InChI=1S/C24H23FN2O5S/c25-19-9-12-21(13-10-19)27(33(30,31)32)22-15-20(11-14-23(22)28)26-24(29)18-7-5-17(6-8-18)16-3-1-2-4-16/h5-16,28H,1-4H2,(H,26,29)(H,30,31,32). The number of nitrogens with zero attached hydrogens (tertiary/aromatic N) is 1. The van der Waals surface area contributed by atoms with Gasteiger partial charge in [0, 0.05) is 11.3 Å². The van der Waals surface area contributed by atoms with E-state index in [2.05, 4.69) is 5.32 Å². The van der Waals surface area contributed by atoms with E-state index in [1.165, 1.54) is 36.6 Å². The number of phenols is 1. The molecule has 0 spiro atoms. The number of rotatable bonds is 6. The Morgan fingerprint density at radius 1 is 0.970 bits per heavy atom. The third-order valence-electron chi connectivity index (χ3n) is 5.74. The molecule has 172 valence electrons. The van der Waals surface area contributed by atoms with Crippen molar-refractivity contribution in [2.75, 3.05) is 9.62 Å². The summed E-state index contributed by atoms with van der Waals surface area (Å²) < 4.78 is 47.6. The summed E-state index contributed by atoms with van der Waals surface area (Å²) in [6.07, 6.45) is 4.74. The first-order valence-corrected chi connectivity index (χ1v) is 11.9. The quantitative estimate of drug-likeness (QED) is 0.331. The minimum absolute atomic E-state index is 0.0971. The van der Waals surface area contributed by atoms with Gasteiger partial charge in [-0.2, -0.15) is 8.42 Å². The Bertz CT molecular complexity index is 1260. The molecule has 9 heteroatoms. The molecule has 1 aliphatic carbocycles. The molecule has 0 radical (unpaired) electrons. The molecule has 0 heterocycles. The van der Waals surface area contributed by atoms with Crippen molar-refractivity contribution in [3.63, 3.8) is 0 Å². The highest BCUT2D eigenvalue weighted by Gasteiger charge is 2.25. The summed E-state index contributed by atoms with van der Waals surface area (Å²) >= 11 is 0. The molecule has 3 aromatic rings. The first kappa shape index (κ1) is 22.8. The summed E-state index contributed by atoms with van der Waals surface area (Å²) in [5.74, 6) is -0.946. The smallest absolute Gasteiger partial charge is 0.364 e. The van der Waals surface area contributed by atoms with Crippen molar-refractivity contribution < 1.29 is 27.3 Å². The molecule has 0 saturated heterocycles. The predicted molar refractivity (Wildman–Crippen MR) is 124 cm³/mol. The molecule has 1 aliphatic rings. The van der Waals surface area contributed by atoms with E-state index in [0.717, 1.165) is 37.1 Å². The van der Waals surface area contributed by atoms with Crippen LogP contribution in [0.15, 0.2) is 66.7 Å². The lowest BCUT2D eigenvalue weighted by Crippen LogP contribution is -2.25. The zero-order chi connectivity index (χ0) is 23.6. The Hall–Kier alpha value is -3.43. The Labute approximate surface area is 191 Å². The van der Waals surface area contributed by atoms with Crippen molar-refractivity contribution in [2.24, 2.45) is 0 Å². The van der Waals surface area contributed by atoms with Crippen LogP contribution in [0.5, 0.6) is 5.75 Å². The van der Waals surface area contributed by atoms with Gasteiger partial charge in [-0.15, -0.1) is 0 Å². The molecule has 1 fully saturated rings. The highest BCUT2D eigenvalue weighted by molar-refractivity contribution is 7.87. The first-order valence-electron chi connectivity index (χ1n) is 10.5. The number of hydrogen-bond donors (Lipinski definition) is 3. The Balaban J connectivity index is 1.59. The van der Waals surface area contributed by atoms with Crippen molar-refractivity contribution in [2.45, 2.75) is 31.6 Å². The van der Waals surface area contributed by atoms with Crippen LogP contribution in [0, 0.1) is 5.82 Å². The van der Waals surface area contributed by atoms with Crippen LogP contribution >= 0.6 is 0 Å². The fourth-order valence-electron chi connectivity index (χ4n) is 4.11. The summed E-state index contributed by atoms with van der Waals surface area (Å²) in [5.41, 5.74) is 1.43. The lowest BCUT2D eigenvalue weighted by Gasteiger charge is -2.22. The Morgan fingerprint density at radius 2 is 1.61 bits per heavy atom. The minimum atomic E-state index is -4.88. The monoisotopic (exact) mass is 470 g/mol. The highest BCUT2D eigenvalue weighted by atomic mass is 32.2. The number of carbonyl (C=O) groups is 1. The summed E-state index contributed by atoms with van der Waals surface area (Å²) in [6, 6.07) is 15.5. The van der Waals surface area contributed by atoms with Gasteiger partial charge in [0.1, 0.15) is 17.3 Å². The number of hydrogen-bond acceptors (Lipinski definition) is 4. The number of carbonyl (C=O) groups excluding carboxylic acids is 1. The molecule has 0 bridgehead atoms. The maximum Gasteiger partial charge on any atom is 0.364 e. The van der Waals surface area contributed by atoms with Crippen molar-refractivity contribution >= 4 is 33.3 Å². The summed E-state index contributed by atoms with van der Waals surface area (Å²) in [6.45, 7) is 0. The maximum absolute atomic E-state index is 13.3. The second kappa shape index (κ2) is 9.21. The molecule has 1 amide bonds. The minimum Gasteiger partial charge on any atom is -0.506 e. The molecule has 0 aliphatic heterocycles. The van der Waals surface area contributed by atoms with Gasteiger partial charge in [0.25, 0.3) is 5.91 Å². The van der Waals surface area contributed by atoms with Crippen LogP contribution in [0.4, 0.5) is 21.5 Å². The van der Waals surface area contributed by atoms with Gasteiger partial charge in [-0.05, 0) is 78.9 Å². The van der Waals surface area contributed by atoms with Crippen molar-refractivity contribution in [1.82, 2.24) is 0 Å². The highest BCUT2D eigenvalue weighted by Crippen LogP contribution is 2.37. The zero-order valence-corrected chi connectivity index (χ0v) is 18.4. The molecule has 0 atom stereocenters. The van der Waals surface area contributed by atoms with E-state index in [9.17, 15) is 27.3 Å². The first-order chi connectivity index (χ1) is 15.7. The normalized spacial score (nSPS) is 14.2. The van der Waals surface area contributed by atoms with Crippen LogP contribution in [-0.2, 0) is 10.3 Å². The van der Waals surface area contributed by atoms with Crippen LogP contribution in [0.3, 0.4) is 0 Å². The number of benzene rings is 3. The van der Waals surface area contributed by atoms with Crippen LogP contribution in [0.1, 0.15) is 47.5 Å². The SMILES string of the molecule is O=C(Nc1ccc(O)c(N(c2ccc(F)cc2)S(=O)(=O)O)c1)c1ccc(C2CCCC2)cc1. The Morgan fingerprint density at radius 3 is 2.21 bits per heavy atom. The number of aromatic hydroxyl groups is 1. The molecular formula is C24H23FN2O5S. The maximum atomic E-state index is 13.3. The largest absolute Gasteiger partial charge is 0.506 e. The third-order valence-corrected chi connectivity index (χ3v) is 6.61. The fraction of sp³-hybridized carbons (Fsp3) is 0.208. The molecule has 4 rings (SSSR count). The van der Waals surface area contributed by atoms with Crippen molar-refractivity contribution in [3.05, 3.63) is 83.7 Å². The molecule has 3 N–H and O–H groups in total. The average molecular weight is 471 g/mol. The van der Waals surface area contributed by atoms with E-state index in [-0.39, 0.29) is 17.1 Å². The Kier molecular flexibility index (Phi) is 6.35. The fourth-order valence-corrected chi connectivity index (χ4v) is 4.89. The second-order valence-electron chi connectivity index (χ2n) is 7.98. The van der Waals surface area contributed by atoms with Crippen LogP contribution < -0.4 is 9.62 Å². The van der Waals surface area contributed by atoms with Gasteiger partial charge >= 0.3 is 10.3 Å². The lowest BCUT2D eigenvalue weighted by atomic mass is 9.96. The van der Waals surface area contributed by atoms with E-state index in [1.54, 1.807) is 12.1 Å². The van der Waals surface area contributed by atoms with E-state index >= 15 is 0 Å². The van der Waals surface area contributed by atoms with Gasteiger partial charge in [0.05, 0.1) is 5.69 Å². The number of phenolic OH excluding ortho intramolecular Hbond substituents is 1. The van der Waals surface area contributed by atoms with Gasteiger partial charge in [0.2, 0.25) is 0 Å².